The summed E-state index contributed by atoms with van der Waals surface area (Å²) in [4.78, 5) is 19.6. The summed E-state index contributed by atoms with van der Waals surface area (Å²) in [5, 5.41) is 2.15. The number of carbonyl (C=O) groups excluding carboxylic acids is 1. The molecule has 0 saturated carbocycles. The van der Waals surface area contributed by atoms with Gasteiger partial charge >= 0.3 is 0 Å². The van der Waals surface area contributed by atoms with E-state index < -0.39 is 60.4 Å². The molecule has 1 atom stereocenters. The summed E-state index contributed by atoms with van der Waals surface area (Å²) in [6.45, 7) is -1.87. The molecule has 1 aromatic carbocycles. The lowest BCUT2D eigenvalue weighted by Crippen LogP contribution is -2.51. The molecule has 0 radical (unpaired) electrons. The summed E-state index contributed by atoms with van der Waals surface area (Å²) in [5.74, 6) is -8.76. The van der Waals surface area contributed by atoms with Gasteiger partial charge in [0.1, 0.15) is 18.1 Å². The summed E-state index contributed by atoms with van der Waals surface area (Å²) < 4.78 is 97.7. The van der Waals surface area contributed by atoms with Crippen LogP contribution in [0.15, 0.2) is 35.5 Å². The van der Waals surface area contributed by atoms with Gasteiger partial charge < -0.3 is 15.8 Å². The lowest BCUT2D eigenvalue weighted by Gasteiger charge is -2.39. The number of alkyl halides is 3. The standard InChI is InChI=1S/C19H17F5N4O2/c1-30-11-2-3-14(26-8-11)17(29)27-10-6-12(16(22)13(21)7-10)18(9-20)19(23,24)5-4-15(25)28-18/h2-3,6-8H,4-5,9H2,1H3,(H2,25,28)(H,27,29)/t18-/m1/s1/i1D3. The molecule has 1 aliphatic heterocycles. The van der Waals surface area contributed by atoms with Crippen molar-refractivity contribution in [1.82, 2.24) is 4.98 Å². The van der Waals surface area contributed by atoms with E-state index in [1.807, 2.05) is 0 Å². The molecule has 0 fully saturated rings. The van der Waals surface area contributed by atoms with Crippen molar-refractivity contribution >= 4 is 17.4 Å². The first kappa shape index (κ1) is 17.6. The number of aromatic nitrogens is 1. The normalized spacial score (nSPS) is 22.3. The van der Waals surface area contributed by atoms with Crippen molar-refractivity contribution in [2.45, 2.75) is 24.3 Å². The summed E-state index contributed by atoms with van der Waals surface area (Å²) in [6, 6.07) is 3.38. The minimum absolute atomic E-state index is 0.165. The second-order valence-corrected chi connectivity index (χ2v) is 6.56. The Bertz CT molecular complexity index is 1100. The van der Waals surface area contributed by atoms with Crippen molar-refractivity contribution in [2.24, 2.45) is 10.7 Å². The Balaban J connectivity index is 1.95. The molecule has 6 nitrogen and oxygen atoms in total. The monoisotopic (exact) mass is 431 g/mol. The van der Waals surface area contributed by atoms with Crippen LogP contribution in [-0.2, 0) is 5.54 Å². The molecule has 1 aliphatic rings. The molecule has 0 aliphatic carbocycles. The second-order valence-electron chi connectivity index (χ2n) is 6.56. The van der Waals surface area contributed by atoms with E-state index in [0.717, 1.165) is 18.3 Å². The van der Waals surface area contributed by atoms with Gasteiger partial charge in [-0.25, -0.2) is 26.9 Å². The fourth-order valence-corrected chi connectivity index (χ4v) is 3.06. The molecular formula is C19H17F5N4O2. The number of pyridine rings is 1. The Morgan fingerprint density at radius 1 is 1.37 bits per heavy atom. The summed E-state index contributed by atoms with van der Waals surface area (Å²) in [5.41, 5.74) is 0.517. The molecule has 2 heterocycles. The number of halogens is 5. The zero-order valence-corrected chi connectivity index (χ0v) is 15.2. The fraction of sp³-hybridized carbons (Fsp3) is 0.316. The Hall–Kier alpha value is -3.24. The lowest BCUT2D eigenvalue weighted by molar-refractivity contribution is -0.0960. The Kier molecular flexibility index (Phi) is 4.63. The smallest absolute Gasteiger partial charge is 0.280 e. The molecule has 30 heavy (non-hydrogen) atoms. The highest BCUT2D eigenvalue weighted by molar-refractivity contribution is 6.03. The number of rotatable bonds is 5. The largest absolute Gasteiger partial charge is 0.495 e. The van der Waals surface area contributed by atoms with E-state index >= 15 is 0 Å². The van der Waals surface area contributed by atoms with E-state index in [1.165, 1.54) is 0 Å². The Morgan fingerprint density at radius 2 is 2.13 bits per heavy atom. The van der Waals surface area contributed by atoms with E-state index in [1.54, 1.807) is 0 Å². The first-order chi connectivity index (χ1) is 15.3. The molecule has 11 heteroatoms. The molecule has 1 amide bonds. The zero-order chi connectivity index (χ0) is 24.6. The van der Waals surface area contributed by atoms with E-state index in [0.29, 0.717) is 12.1 Å². The summed E-state index contributed by atoms with van der Waals surface area (Å²) in [7, 11) is -2.74. The van der Waals surface area contributed by atoms with E-state index in [9.17, 15) is 26.7 Å². The van der Waals surface area contributed by atoms with Gasteiger partial charge in [-0.2, -0.15) is 0 Å². The third-order valence-corrected chi connectivity index (χ3v) is 4.65. The molecule has 3 rings (SSSR count). The topological polar surface area (TPSA) is 89.6 Å². The number of nitrogens with two attached hydrogens (primary N) is 1. The van der Waals surface area contributed by atoms with Crippen LogP contribution in [0.4, 0.5) is 27.6 Å². The highest BCUT2D eigenvalue weighted by Gasteiger charge is 2.58. The van der Waals surface area contributed by atoms with Crippen LogP contribution in [0, 0.1) is 11.6 Å². The number of nitrogens with zero attached hydrogens (tertiary/aromatic N) is 2. The van der Waals surface area contributed by atoms with Crippen LogP contribution in [-0.4, -0.2) is 36.4 Å². The number of amides is 1. The van der Waals surface area contributed by atoms with Crippen molar-refractivity contribution in [3.8, 4) is 5.75 Å². The van der Waals surface area contributed by atoms with Gasteiger partial charge in [-0.15, -0.1) is 0 Å². The second kappa shape index (κ2) is 7.88. The molecule has 160 valence electrons. The highest BCUT2D eigenvalue weighted by Crippen LogP contribution is 2.48. The molecule has 2 aromatic rings. The molecular weight excluding hydrogens is 411 g/mol. The summed E-state index contributed by atoms with van der Waals surface area (Å²) >= 11 is 0. The first-order valence-corrected chi connectivity index (χ1v) is 8.52. The number of nitrogens with one attached hydrogen (secondary N) is 1. The number of methoxy groups -OCH3 is 1. The van der Waals surface area contributed by atoms with Crippen LogP contribution in [0.25, 0.3) is 0 Å². The van der Waals surface area contributed by atoms with Crippen molar-refractivity contribution in [3.63, 3.8) is 0 Å². The van der Waals surface area contributed by atoms with Crippen molar-refractivity contribution in [2.75, 3.05) is 19.0 Å². The Morgan fingerprint density at radius 3 is 2.77 bits per heavy atom. The number of hydrogen-bond donors (Lipinski definition) is 2. The maximum Gasteiger partial charge on any atom is 0.280 e. The predicted octanol–water partition coefficient (Wildman–Crippen LogP) is 3.57. The average Bonchev–Trinajstić information content (AvgIpc) is 2.71. The number of aliphatic imine (C=N–C) groups is 1. The number of anilines is 1. The molecule has 0 unspecified atom stereocenters. The van der Waals surface area contributed by atoms with Gasteiger partial charge in [0.2, 0.25) is 0 Å². The van der Waals surface area contributed by atoms with Crippen LogP contribution >= 0.6 is 0 Å². The van der Waals surface area contributed by atoms with Crippen molar-refractivity contribution in [3.05, 3.63) is 53.4 Å². The van der Waals surface area contributed by atoms with Gasteiger partial charge in [-0.05, 0) is 18.2 Å². The van der Waals surface area contributed by atoms with Crippen molar-refractivity contribution in [1.29, 1.82) is 0 Å². The molecule has 0 spiro atoms. The van der Waals surface area contributed by atoms with Gasteiger partial charge in [0, 0.05) is 30.2 Å². The minimum Gasteiger partial charge on any atom is -0.495 e. The predicted molar refractivity (Wildman–Crippen MR) is 98.6 cm³/mol. The van der Waals surface area contributed by atoms with Gasteiger partial charge in [-0.3, -0.25) is 9.79 Å². The third kappa shape index (κ3) is 3.66. The van der Waals surface area contributed by atoms with Crippen LogP contribution in [0.2, 0.25) is 0 Å². The van der Waals surface area contributed by atoms with Crippen LogP contribution in [0.5, 0.6) is 5.75 Å². The number of carbonyl (C=O) groups is 1. The van der Waals surface area contributed by atoms with E-state index in [-0.39, 0.29) is 23.7 Å². The lowest BCUT2D eigenvalue weighted by atomic mass is 9.80. The zero-order valence-electron chi connectivity index (χ0n) is 18.2. The molecule has 0 bridgehead atoms. The van der Waals surface area contributed by atoms with Gasteiger partial charge in [0.05, 0.1) is 23.2 Å². The maximum atomic E-state index is 14.7. The number of benzene rings is 1. The third-order valence-electron chi connectivity index (χ3n) is 4.65. The highest BCUT2D eigenvalue weighted by atomic mass is 19.3. The summed E-state index contributed by atoms with van der Waals surface area (Å²) in [6.07, 6.45) is -0.350. The van der Waals surface area contributed by atoms with Gasteiger partial charge in [0.25, 0.3) is 11.8 Å². The fourth-order valence-electron chi connectivity index (χ4n) is 3.06. The maximum absolute atomic E-state index is 14.7. The Labute approximate surface area is 172 Å². The van der Waals surface area contributed by atoms with Crippen LogP contribution in [0.3, 0.4) is 0 Å². The molecule has 1 aromatic heterocycles. The van der Waals surface area contributed by atoms with Gasteiger partial charge in [0.15, 0.2) is 17.2 Å². The quantitative estimate of drug-likeness (QED) is 0.709. The minimum atomic E-state index is -3.89. The SMILES string of the molecule is [2H]C([2H])([2H])Oc1ccc(C(=O)Nc2cc(F)c(F)c([C@@]3(CF)N=C(N)CCC3(F)F)c2)nc1. The number of hydrogen-bond acceptors (Lipinski definition) is 5. The van der Waals surface area contributed by atoms with Gasteiger partial charge in [-0.1, -0.05) is 0 Å². The van der Waals surface area contributed by atoms with Crippen molar-refractivity contribution < 1.29 is 35.6 Å². The average molecular weight is 431 g/mol. The van der Waals surface area contributed by atoms with Crippen LogP contribution < -0.4 is 15.8 Å². The van der Waals surface area contributed by atoms with E-state index in [4.69, 9.17) is 9.85 Å². The molecule has 3 N–H and O–H groups in total. The van der Waals surface area contributed by atoms with Crippen LogP contribution in [0.1, 0.15) is 33.0 Å². The number of ether oxygens (including phenoxy) is 1. The first-order valence-electron chi connectivity index (χ1n) is 10.0. The number of amidine groups is 1. The molecule has 0 saturated heterocycles. The van der Waals surface area contributed by atoms with E-state index in [2.05, 4.69) is 20.0 Å².